The summed E-state index contributed by atoms with van der Waals surface area (Å²) in [6.45, 7) is 1.71. The van der Waals surface area contributed by atoms with Gasteiger partial charge in [-0.05, 0) is 14.1 Å². The van der Waals surface area contributed by atoms with Gasteiger partial charge in [0.2, 0.25) is 5.91 Å². The summed E-state index contributed by atoms with van der Waals surface area (Å²) in [4.78, 5) is 13.4. The van der Waals surface area contributed by atoms with Gasteiger partial charge in [0, 0.05) is 26.1 Å². The van der Waals surface area contributed by atoms with E-state index in [4.69, 9.17) is 0 Å². The van der Waals surface area contributed by atoms with Crippen molar-refractivity contribution in [1.82, 2.24) is 15.5 Å². The lowest BCUT2D eigenvalue weighted by Crippen LogP contribution is -2.42. The lowest BCUT2D eigenvalue weighted by atomic mass is 10.2. The molecule has 14 heavy (non-hydrogen) atoms. The summed E-state index contributed by atoms with van der Waals surface area (Å²) < 4.78 is 12.7. The molecule has 0 aromatic carbocycles. The van der Waals surface area contributed by atoms with E-state index in [2.05, 4.69) is 10.6 Å². The molecule has 2 N–H and O–H groups in total. The fourth-order valence-electron chi connectivity index (χ4n) is 1.42. The van der Waals surface area contributed by atoms with Crippen LogP contribution in [0, 0.1) is 0 Å². The van der Waals surface area contributed by atoms with Crippen LogP contribution < -0.4 is 10.6 Å². The molecule has 1 fully saturated rings. The molecule has 0 bridgehead atoms. The number of carbonyl (C=O) groups is 1. The van der Waals surface area contributed by atoms with Gasteiger partial charge in [0.25, 0.3) is 0 Å². The lowest BCUT2D eigenvalue weighted by molar-refractivity contribution is -0.122. The number of rotatable bonds is 4. The smallest absolute Gasteiger partial charge is 0.237 e. The molecule has 82 valence electrons. The molecule has 1 aliphatic heterocycles. The first-order valence-corrected chi connectivity index (χ1v) is 4.89. The fourth-order valence-corrected chi connectivity index (χ4v) is 1.42. The molecule has 0 radical (unpaired) electrons. The van der Waals surface area contributed by atoms with Gasteiger partial charge in [0.15, 0.2) is 0 Å². The average Bonchev–Trinajstić information content (AvgIpc) is 2.51. The van der Waals surface area contributed by atoms with Crippen molar-refractivity contribution in [3.63, 3.8) is 0 Å². The molecule has 1 rings (SSSR count). The van der Waals surface area contributed by atoms with Crippen molar-refractivity contribution in [1.29, 1.82) is 0 Å². The highest BCUT2D eigenvalue weighted by molar-refractivity contribution is 5.82. The highest BCUT2D eigenvalue weighted by Crippen LogP contribution is 2.09. The SMILES string of the molecule is CN(C)CCNC(=O)[C@@H]1C[C@@H](F)CN1. The van der Waals surface area contributed by atoms with Gasteiger partial charge in [0.1, 0.15) is 6.17 Å². The van der Waals surface area contributed by atoms with Crippen LogP contribution in [0.3, 0.4) is 0 Å². The summed E-state index contributed by atoms with van der Waals surface area (Å²) in [5.41, 5.74) is 0. The lowest BCUT2D eigenvalue weighted by Gasteiger charge is -2.13. The maximum absolute atomic E-state index is 12.7. The Kier molecular flexibility index (Phi) is 4.28. The van der Waals surface area contributed by atoms with E-state index in [9.17, 15) is 9.18 Å². The standard InChI is InChI=1S/C9H18FN3O/c1-13(2)4-3-11-9(14)8-5-7(10)6-12-8/h7-8,12H,3-6H2,1-2H3,(H,11,14)/t7-,8+/m1/s1. The van der Waals surface area contributed by atoms with E-state index >= 15 is 0 Å². The normalized spacial score (nSPS) is 26.9. The first-order chi connectivity index (χ1) is 6.59. The molecule has 0 aromatic heterocycles. The maximum Gasteiger partial charge on any atom is 0.237 e. The Morgan fingerprint density at radius 3 is 2.86 bits per heavy atom. The first-order valence-electron chi connectivity index (χ1n) is 4.89. The minimum absolute atomic E-state index is 0.0907. The number of amides is 1. The van der Waals surface area contributed by atoms with E-state index < -0.39 is 6.17 Å². The third-order valence-electron chi connectivity index (χ3n) is 2.25. The molecule has 0 aromatic rings. The number of nitrogens with one attached hydrogen (secondary N) is 2. The number of hydrogen-bond acceptors (Lipinski definition) is 3. The zero-order chi connectivity index (χ0) is 10.6. The molecular weight excluding hydrogens is 185 g/mol. The molecule has 1 amide bonds. The van der Waals surface area contributed by atoms with Crippen molar-refractivity contribution in [2.24, 2.45) is 0 Å². The first kappa shape index (κ1) is 11.4. The van der Waals surface area contributed by atoms with Crippen LogP contribution in [0.5, 0.6) is 0 Å². The largest absolute Gasteiger partial charge is 0.353 e. The molecule has 0 saturated carbocycles. The average molecular weight is 203 g/mol. The third kappa shape index (κ3) is 3.59. The van der Waals surface area contributed by atoms with Crippen LogP contribution >= 0.6 is 0 Å². The second-order valence-electron chi connectivity index (χ2n) is 3.89. The Morgan fingerprint density at radius 2 is 2.36 bits per heavy atom. The van der Waals surface area contributed by atoms with Gasteiger partial charge in [-0.2, -0.15) is 0 Å². The zero-order valence-corrected chi connectivity index (χ0v) is 8.72. The van der Waals surface area contributed by atoms with Crippen LogP contribution in [0.25, 0.3) is 0 Å². The quantitative estimate of drug-likeness (QED) is 0.639. The molecule has 1 heterocycles. The van der Waals surface area contributed by atoms with Gasteiger partial charge in [-0.3, -0.25) is 4.79 Å². The van der Waals surface area contributed by atoms with Crippen molar-refractivity contribution in [2.45, 2.75) is 18.6 Å². The van der Waals surface area contributed by atoms with E-state index in [1.807, 2.05) is 19.0 Å². The molecule has 2 atom stereocenters. The summed E-state index contributed by atoms with van der Waals surface area (Å²) in [7, 11) is 3.88. The van der Waals surface area contributed by atoms with Gasteiger partial charge >= 0.3 is 0 Å². The Labute approximate surface area is 83.8 Å². The molecule has 1 saturated heterocycles. The molecule has 0 aliphatic carbocycles. The Balaban J connectivity index is 2.15. The topological polar surface area (TPSA) is 44.4 Å². The summed E-state index contributed by atoms with van der Waals surface area (Å²) in [5, 5.41) is 5.61. The van der Waals surface area contributed by atoms with Crippen LogP contribution in [-0.2, 0) is 4.79 Å². The minimum Gasteiger partial charge on any atom is -0.353 e. The van der Waals surface area contributed by atoms with Gasteiger partial charge in [0.05, 0.1) is 6.04 Å². The van der Waals surface area contributed by atoms with Gasteiger partial charge < -0.3 is 15.5 Å². The van der Waals surface area contributed by atoms with E-state index in [0.717, 1.165) is 6.54 Å². The third-order valence-corrected chi connectivity index (χ3v) is 2.25. The maximum atomic E-state index is 12.7. The fraction of sp³-hybridized carbons (Fsp3) is 0.889. The molecule has 0 spiro atoms. The Morgan fingerprint density at radius 1 is 1.64 bits per heavy atom. The van der Waals surface area contributed by atoms with Crippen LogP contribution in [-0.4, -0.2) is 56.8 Å². The summed E-state index contributed by atoms with van der Waals surface area (Å²) in [6.07, 6.45) is -0.576. The number of alkyl halides is 1. The van der Waals surface area contributed by atoms with Crippen LogP contribution in [0.1, 0.15) is 6.42 Å². The van der Waals surface area contributed by atoms with Crippen molar-refractivity contribution in [3.05, 3.63) is 0 Å². The van der Waals surface area contributed by atoms with Gasteiger partial charge in [-0.1, -0.05) is 0 Å². The number of likely N-dealkylation sites (N-methyl/N-ethyl adjacent to an activating group) is 1. The predicted octanol–water partition coefficient (Wildman–Crippen LogP) is -0.636. The van der Waals surface area contributed by atoms with Crippen LogP contribution in [0.15, 0.2) is 0 Å². The highest BCUT2D eigenvalue weighted by Gasteiger charge is 2.28. The van der Waals surface area contributed by atoms with Crippen molar-refractivity contribution in [3.8, 4) is 0 Å². The highest BCUT2D eigenvalue weighted by atomic mass is 19.1. The minimum atomic E-state index is -0.875. The number of carbonyl (C=O) groups excluding carboxylic acids is 1. The summed E-state index contributed by atoms with van der Waals surface area (Å²) in [6, 6.07) is -0.341. The monoisotopic (exact) mass is 203 g/mol. The van der Waals surface area contributed by atoms with Gasteiger partial charge in [-0.15, -0.1) is 0 Å². The molecule has 4 nitrogen and oxygen atoms in total. The van der Waals surface area contributed by atoms with Crippen LogP contribution in [0.4, 0.5) is 4.39 Å². The van der Waals surface area contributed by atoms with Crippen molar-refractivity contribution < 1.29 is 9.18 Å². The molecule has 5 heteroatoms. The number of nitrogens with zero attached hydrogens (tertiary/aromatic N) is 1. The van der Waals surface area contributed by atoms with Crippen LogP contribution in [0.2, 0.25) is 0 Å². The molecular formula is C9H18FN3O. The van der Waals surface area contributed by atoms with E-state index in [1.54, 1.807) is 0 Å². The number of halogens is 1. The van der Waals surface area contributed by atoms with Crippen molar-refractivity contribution >= 4 is 5.91 Å². The van der Waals surface area contributed by atoms with Crippen molar-refractivity contribution in [2.75, 3.05) is 33.7 Å². The summed E-state index contributed by atoms with van der Waals surface area (Å²) >= 11 is 0. The van der Waals surface area contributed by atoms with Gasteiger partial charge in [-0.25, -0.2) is 4.39 Å². The van der Waals surface area contributed by atoms with E-state index in [1.165, 1.54) is 0 Å². The molecule has 0 unspecified atom stereocenters. The second kappa shape index (κ2) is 5.26. The van der Waals surface area contributed by atoms with E-state index in [-0.39, 0.29) is 11.9 Å². The number of hydrogen-bond donors (Lipinski definition) is 2. The summed E-state index contributed by atoms with van der Waals surface area (Å²) in [5.74, 6) is -0.0907. The molecule has 1 aliphatic rings. The predicted molar refractivity (Wildman–Crippen MR) is 52.9 cm³/mol. The second-order valence-corrected chi connectivity index (χ2v) is 3.89. The van der Waals surface area contributed by atoms with E-state index in [0.29, 0.717) is 19.5 Å². The Bertz CT molecular complexity index is 198. The zero-order valence-electron chi connectivity index (χ0n) is 8.72. The Hall–Kier alpha value is -0.680.